The number of nitrogens with one attached hydrogen (secondary N) is 1. The normalized spacial score (nSPS) is 12.9. The van der Waals surface area contributed by atoms with E-state index in [1.807, 2.05) is 17.8 Å². The maximum absolute atomic E-state index is 5.02. The standard InChI is InChI=1S/C10H12N2OS/c1-8(9-2-3-13-6-9)12-5-10-4-11-7-14-10/h2-4,6-8,12H,5H2,1H3. The number of furan rings is 1. The molecule has 2 rings (SSSR count). The van der Waals surface area contributed by atoms with E-state index >= 15 is 0 Å². The summed E-state index contributed by atoms with van der Waals surface area (Å²) in [6.45, 7) is 2.98. The highest BCUT2D eigenvalue weighted by Crippen LogP contribution is 2.14. The van der Waals surface area contributed by atoms with Crippen molar-refractivity contribution in [3.05, 3.63) is 40.7 Å². The first-order chi connectivity index (χ1) is 6.86. The van der Waals surface area contributed by atoms with Gasteiger partial charge in [0.15, 0.2) is 0 Å². The van der Waals surface area contributed by atoms with Gasteiger partial charge in [-0.1, -0.05) is 0 Å². The van der Waals surface area contributed by atoms with Gasteiger partial charge in [0, 0.05) is 29.2 Å². The van der Waals surface area contributed by atoms with Crippen LogP contribution in [0, 0.1) is 0 Å². The van der Waals surface area contributed by atoms with Crippen molar-refractivity contribution < 1.29 is 4.42 Å². The Kier molecular flexibility index (Phi) is 2.96. The molecule has 2 aromatic heterocycles. The summed E-state index contributed by atoms with van der Waals surface area (Å²) in [5.74, 6) is 0. The molecule has 74 valence electrons. The third kappa shape index (κ3) is 2.21. The molecule has 0 bridgehead atoms. The first-order valence-corrected chi connectivity index (χ1v) is 5.37. The largest absolute Gasteiger partial charge is 0.472 e. The molecular formula is C10H12N2OS. The minimum atomic E-state index is 0.316. The molecule has 0 aliphatic carbocycles. The number of hydrogen-bond donors (Lipinski definition) is 1. The second kappa shape index (κ2) is 4.39. The van der Waals surface area contributed by atoms with Gasteiger partial charge in [0.25, 0.3) is 0 Å². The van der Waals surface area contributed by atoms with Crippen LogP contribution in [0.5, 0.6) is 0 Å². The Morgan fingerprint density at radius 1 is 1.64 bits per heavy atom. The lowest BCUT2D eigenvalue weighted by Crippen LogP contribution is -2.16. The smallest absolute Gasteiger partial charge is 0.0950 e. The summed E-state index contributed by atoms with van der Waals surface area (Å²) in [7, 11) is 0. The molecule has 0 saturated carbocycles. The quantitative estimate of drug-likeness (QED) is 0.839. The van der Waals surface area contributed by atoms with E-state index in [1.165, 1.54) is 10.4 Å². The number of thiazole rings is 1. The fraction of sp³-hybridized carbons (Fsp3) is 0.300. The van der Waals surface area contributed by atoms with Crippen LogP contribution in [0.2, 0.25) is 0 Å². The second-order valence-corrected chi connectivity index (χ2v) is 4.10. The molecule has 14 heavy (non-hydrogen) atoms. The fourth-order valence-electron chi connectivity index (χ4n) is 1.22. The van der Waals surface area contributed by atoms with Crippen LogP contribution in [-0.2, 0) is 6.54 Å². The van der Waals surface area contributed by atoms with Crippen LogP contribution < -0.4 is 5.32 Å². The summed E-state index contributed by atoms with van der Waals surface area (Å²) in [4.78, 5) is 5.27. The molecule has 0 fully saturated rings. The van der Waals surface area contributed by atoms with Crippen molar-refractivity contribution in [3.8, 4) is 0 Å². The highest BCUT2D eigenvalue weighted by atomic mass is 32.1. The molecule has 0 aromatic carbocycles. The van der Waals surface area contributed by atoms with E-state index in [1.54, 1.807) is 23.9 Å². The van der Waals surface area contributed by atoms with Gasteiger partial charge in [0.1, 0.15) is 0 Å². The maximum Gasteiger partial charge on any atom is 0.0950 e. The zero-order valence-corrected chi connectivity index (χ0v) is 8.75. The average Bonchev–Trinajstić information content (AvgIpc) is 2.87. The predicted octanol–water partition coefficient (Wildman–Crippen LogP) is 2.59. The molecule has 1 atom stereocenters. The van der Waals surface area contributed by atoms with Crippen molar-refractivity contribution in [2.45, 2.75) is 19.5 Å². The Hall–Kier alpha value is -1.13. The molecular weight excluding hydrogens is 196 g/mol. The van der Waals surface area contributed by atoms with Crippen LogP contribution in [0.3, 0.4) is 0 Å². The van der Waals surface area contributed by atoms with E-state index in [4.69, 9.17) is 4.42 Å². The topological polar surface area (TPSA) is 38.1 Å². The van der Waals surface area contributed by atoms with Gasteiger partial charge >= 0.3 is 0 Å². The Morgan fingerprint density at radius 3 is 3.21 bits per heavy atom. The van der Waals surface area contributed by atoms with Gasteiger partial charge in [-0.15, -0.1) is 11.3 Å². The van der Waals surface area contributed by atoms with E-state index in [0.717, 1.165) is 6.54 Å². The molecule has 3 nitrogen and oxygen atoms in total. The summed E-state index contributed by atoms with van der Waals surface area (Å²) < 4.78 is 5.02. The van der Waals surface area contributed by atoms with Crippen LogP contribution in [0.25, 0.3) is 0 Å². The Morgan fingerprint density at radius 2 is 2.57 bits per heavy atom. The average molecular weight is 208 g/mol. The van der Waals surface area contributed by atoms with Crippen LogP contribution in [0.15, 0.2) is 34.7 Å². The van der Waals surface area contributed by atoms with Crippen molar-refractivity contribution in [1.29, 1.82) is 0 Å². The molecule has 4 heteroatoms. The van der Waals surface area contributed by atoms with E-state index < -0.39 is 0 Å². The van der Waals surface area contributed by atoms with Gasteiger partial charge in [0.05, 0.1) is 18.0 Å². The number of rotatable bonds is 4. The SMILES string of the molecule is CC(NCc1cncs1)c1ccoc1. The van der Waals surface area contributed by atoms with Crippen LogP contribution in [0.1, 0.15) is 23.4 Å². The second-order valence-electron chi connectivity index (χ2n) is 3.13. The summed E-state index contributed by atoms with van der Waals surface area (Å²) in [5.41, 5.74) is 3.02. The van der Waals surface area contributed by atoms with Crippen molar-refractivity contribution in [1.82, 2.24) is 10.3 Å². The van der Waals surface area contributed by atoms with E-state index in [-0.39, 0.29) is 0 Å². The van der Waals surface area contributed by atoms with Gasteiger partial charge < -0.3 is 9.73 Å². The molecule has 0 radical (unpaired) electrons. The maximum atomic E-state index is 5.02. The van der Waals surface area contributed by atoms with Crippen molar-refractivity contribution in [3.63, 3.8) is 0 Å². The van der Waals surface area contributed by atoms with E-state index in [9.17, 15) is 0 Å². The monoisotopic (exact) mass is 208 g/mol. The van der Waals surface area contributed by atoms with Gasteiger partial charge in [0.2, 0.25) is 0 Å². The fourth-order valence-corrected chi connectivity index (χ4v) is 1.77. The van der Waals surface area contributed by atoms with Crippen molar-refractivity contribution in [2.24, 2.45) is 0 Å². The Bertz CT molecular complexity index is 355. The molecule has 2 heterocycles. The van der Waals surface area contributed by atoms with Crippen molar-refractivity contribution >= 4 is 11.3 Å². The van der Waals surface area contributed by atoms with E-state index in [0.29, 0.717) is 6.04 Å². The third-order valence-electron chi connectivity index (χ3n) is 2.11. The molecule has 1 unspecified atom stereocenters. The molecule has 0 saturated heterocycles. The van der Waals surface area contributed by atoms with E-state index in [2.05, 4.69) is 17.2 Å². The summed E-state index contributed by atoms with van der Waals surface area (Å²) >= 11 is 1.67. The molecule has 0 aliphatic rings. The highest BCUT2D eigenvalue weighted by molar-refractivity contribution is 7.09. The number of aromatic nitrogens is 1. The molecule has 0 amide bonds. The summed E-state index contributed by atoms with van der Waals surface area (Å²) in [6, 6.07) is 2.29. The minimum Gasteiger partial charge on any atom is -0.472 e. The number of nitrogens with zero attached hydrogens (tertiary/aromatic N) is 1. The van der Waals surface area contributed by atoms with Gasteiger partial charge in [-0.3, -0.25) is 4.98 Å². The lowest BCUT2D eigenvalue weighted by Gasteiger charge is -2.09. The van der Waals surface area contributed by atoms with Gasteiger partial charge in [-0.05, 0) is 13.0 Å². The van der Waals surface area contributed by atoms with Crippen LogP contribution in [0.4, 0.5) is 0 Å². The highest BCUT2D eigenvalue weighted by Gasteiger charge is 2.05. The zero-order chi connectivity index (χ0) is 9.80. The van der Waals surface area contributed by atoms with Crippen LogP contribution >= 0.6 is 11.3 Å². The minimum absolute atomic E-state index is 0.316. The Labute approximate surface area is 86.8 Å². The predicted molar refractivity (Wildman–Crippen MR) is 56.1 cm³/mol. The molecule has 0 spiro atoms. The zero-order valence-electron chi connectivity index (χ0n) is 7.93. The lowest BCUT2D eigenvalue weighted by atomic mass is 10.2. The first kappa shape index (κ1) is 9.43. The molecule has 0 aliphatic heterocycles. The van der Waals surface area contributed by atoms with Gasteiger partial charge in [-0.2, -0.15) is 0 Å². The van der Waals surface area contributed by atoms with Crippen LogP contribution in [-0.4, -0.2) is 4.98 Å². The molecule has 2 aromatic rings. The Balaban J connectivity index is 1.87. The third-order valence-corrected chi connectivity index (χ3v) is 2.89. The first-order valence-electron chi connectivity index (χ1n) is 4.49. The van der Waals surface area contributed by atoms with Gasteiger partial charge in [-0.25, -0.2) is 0 Å². The summed E-state index contributed by atoms with van der Waals surface area (Å²) in [6.07, 6.45) is 5.35. The number of hydrogen-bond acceptors (Lipinski definition) is 4. The van der Waals surface area contributed by atoms with Crippen molar-refractivity contribution in [2.75, 3.05) is 0 Å². The summed E-state index contributed by atoms with van der Waals surface area (Å²) in [5, 5.41) is 3.40. The lowest BCUT2D eigenvalue weighted by molar-refractivity contribution is 0.539. The molecule has 1 N–H and O–H groups in total.